The zero-order valence-electron chi connectivity index (χ0n) is 65.1. The third-order valence-electron chi connectivity index (χ3n) is 17.0. The fourth-order valence-electron chi connectivity index (χ4n) is 11.2. The van der Waals surface area contributed by atoms with E-state index in [4.69, 9.17) is 15.3 Å². The summed E-state index contributed by atoms with van der Waals surface area (Å²) in [5, 5.41) is 9.08. The number of allylic oxidation sites excluding steroid dienone is 4. The summed E-state index contributed by atoms with van der Waals surface area (Å²) < 4.78 is 0. The fourth-order valence-corrected chi connectivity index (χ4v) is 11.2. The van der Waals surface area contributed by atoms with Crippen molar-refractivity contribution < 1.29 is 51.7 Å². The van der Waals surface area contributed by atoms with Crippen LogP contribution in [-0.2, 0) is 51.7 Å². The van der Waals surface area contributed by atoms with Crippen LogP contribution in [0.2, 0.25) is 0 Å². The number of unbranched alkanes of at least 4 members (excludes halogenated alkanes) is 2. The van der Waals surface area contributed by atoms with E-state index in [9.17, 15) is 0 Å². The van der Waals surface area contributed by atoms with Crippen LogP contribution >= 0.6 is 0 Å². The van der Waals surface area contributed by atoms with Gasteiger partial charge in [-0.05, 0) is 84.7 Å². The Hall–Kier alpha value is -10.9. The number of nitrogens with one attached hydrogen (secondary N) is 1. The Bertz CT molecular complexity index is 3980. The molecule has 0 aliphatic heterocycles. The maximum absolute atomic E-state index is 5.26. The largest absolute Gasteiger partial charge is 4.00 e. The third-order valence-corrected chi connectivity index (χ3v) is 17.0. The number of rotatable bonds is 14. The first-order chi connectivity index (χ1) is 53.5. The zero-order valence-corrected chi connectivity index (χ0v) is 72.3. The van der Waals surface area contributed by atoms with Crippen molar-refractivity contribution in [2.75, 3.05) is 18.4 Å². The van der Waals surface area contributed by atoms with Crippen LogP contribution in [-0.4, -0.2) is 24.5 Å². The van der Waals surface area contributed by atoms with Crippen LogP contribution in [0.3, 0.4) is 0 Å². The normalized spacial score (nSPS) is 11.7. The predicted molar refractivity (Wildman–Crippen MR) is 489 cm³/mol. The number of benzene rings is 13. The molecule has 0 bridgehead atoms. The van der Waals surface area contributed by atoms with Gasteiger partial charge in [0.25, 0.3) is 0 Å². The van der Waals surface area contributed by atoms with E-state index < -0.39 is 0 Å². The van der Waals surface area contributed by atoms with E-state index in [2.05, 4.69) is 238 Å². The van der Waals surface area contributed by atoms with Gasteiger partial charge in [-0.25, -0.2) is 0 Å². The summed E-state index contributed by atoms with van der Waals surface area (Å²) in [7, 11) is 0. The first-order valence-corrected chi connectivity index (χ1v) is 38.0. The van der Waals surface area contributed by atoms with Gasteiger partial charge in [0, 0.05) is 55.8 Å². The molecule has 0 atom stereocenters. The van der Waals surface area contributed by atoms with Gasteiger partial charge < -0.3 is 10.6 Å². The minimum atomic E-state index is 0. The molecule has 13 aromatic rings. The SMILES string of the molecule is C.C.CCCCN=C1CCCC=C1Nc1c(-c2ccccc2)cccc1-c1ccccc1.CCCCN=C1CCCC=C1[N-]c1c(-c2ccccc2)cccc1-c1ccccc1.[CH2-]c1ccccc1.[CH2-]c1ccccc1.[CH2-]c1ccccc1.[CH2-]c1ccccc1.[CH2-]c1ccccc1.[CH2-]c1ccccc1.[CH2-]c1ccccc1.[Hf+4].[Hf]. The molecule has 6 heteroatoms. The van der Waals surface area contributed by atoms with Crippen LogP contribution in [0.15, 0.2) is 404 Å². The molecule has 0 aromatic heterocycles. The van der Waals surface area contributed by atoms with E-state index in [0.717, 1.165) is 131 Å². The Morgan fingerprint density at radius 1 is 0.301 bits per heavy atom. The van der Waals surface area contributed by atoms with Crippen molar-refractivity contribution in [3.8, 4) is 44.5 Å². The van der Waals surface area contributed by atoms with Gasteiger partial charge in [0.1, 0.15) is 0 Å². The van der Waals surface area contributed by atoms with Gasteiger partial charge in [-0.3, -0.25) is 9.98 Å². The van der Waals surface area contributed by atoms with Crippen molar-refractivity contribution in [3.05, 3.63) is 486 Å². The van der Waals surface area contributed by atoms with Gasteiger partial charge in [-0.2, -0.15) is 172 Å². The number of anilines is 1. The molecule has 576 valence electrons. The molecule has 0 radical (unpaired) electrons. The second kappa shape index (κ2) is 58.9. The molecule has 0 spiro atoms. The number of hydrogen-bond acceptors (Lipinski definition) is 3. The summed E-state index contributed by atoms with van der Waals surface area (Å²) in [5.74, 6) is 0. The van der Waals surface area contributed by atoms with Crippen LogP contribution in [0.5, 0.6) is 0 Å². The van der Waals surface area contributed by atoms with Crippen molar-refractivity contribution >= 4 is 22.8 Å². The molecule has 2 aliphatic carbocycles. The van der Waals surface area contributed by atoms with Gasteiger partial charge in [0.2, 0.25) is 0 Å². The summed E-state index contributed by atoms with van der Waals surface area (Å²) in [6, 6.07) is 125. The van der Waals surface area contributed by atoms with Crippen LogP contribution in [0.1, 0.15) is 132 Å². The van der Waals surface area contributed by atoms with E-state index in [-0.39, 0.29) is 66.5 Å². The summed E-state index contributed by atoms with van der Waals surface area (Å²) in [6.07, 6.45) is 15.8. The van der Waals surface area contributed by atoms with Crippen LogP contribution in [0.4, 0.5) is 11.4 Å². The Balaban J connectivity index is 0.000000362. The van der Waals surface area contributed by atoms with E-state index in [0.29, 0.717) is 0 Å². The molecule has 0 heterocycles. The van der Waals surface area contributed by atoms with Gasteiger partial charge >= 0.3 is 25.8 Å². The third kappa shape index (κ3) is 38.3. The molecular weight excluding hydrogens is 1700 g/mol. The first-order valence-electron chi connectivity index (χ1n) is 38.0. The molecule has 2 aliphatic rings. The van der Waals surface area contributed by atoms with E-state index in [1.165, 1.54) is 64.1 Å². The van der Waals surface area contributed by atoms with E-state index in [1.54, 1.807) is 0 Å². The van der Waals surface area contributed by atoms with E-state index >= 15 is 0 Å². The van der Waals surface area contributed by atoms with Crippen LogP contribution in [0, 0.1) is 48.5 Å². The molecule has 13 aromatic carbocycles. The molecule has 113 heavy (non-hydrogen) atoms. The fraction of sp³-hybridized carbons (Fsp3) is 0.150. The van der Waals surface area contributed by atoms with Gasteiger partial charge in [0.15, 0.2) is 0 Å². The minimum absolute atomic E-state index is 0. The number of aliphatic imine (C=N–C) groups is 2. The number of para-hydroxylation sites is 2. The second-order valence-electron chi connectivity index (χ2n) is 25.9. The molecule has 0 amide bonds. The molecule has 15 rings (SSSR count). The molecule has 0 saturated heterocycles. The van der Waals surface area contributed by atoms with Crippen molar-refractivity contribution in [2.24, 2.45) is 9.98 Å². The van der Waals surface area contributed by atoms with Gasteiger partial charge in [-0.15, -0.1) is 96.3 Å². The topological polar surface area (TPSA) is 50.9 Å². The Labute approximate surface area is 720 Å². The summed E-state index contributed by atoms with van der Waals surface area (Å²) in [6.45, 7) is 32.3. The van der Waals surface area contributed by atoms with Crippen LogP contribution in [0.25, 0.3) is 49.8 Å². The predicted octanol–water partition coefficient (Wildman–Crippen LogP) is 30.4. The maximum atomic E-state index is 5.26. The Morgan fingerprint density at radius 2 is 0.540 bits per heavy atom. The first kappa shape index (κ1) is 96.3. The minimum Gasteiger partial charge on any atom is -0.656 e. The van der Waals surface area contributed by atoms with Gasteiger partial charge in [0.05, 0.1) is 17.1 Å². The summed E-state index contributed by atoms with van der Waals surface area (Å²) in [4.78, 5) is 9.85. The quantitative estimate of drug-likeness (QED) is 0.0658. The van der Waals surface area contributed by atoms with Crippen molar-refractivity contribution in [2.45, 2.75) is 92.9 Å². The average molecular weight is 1820 g/mol. The maximum Gasteiger partial charge on any atom is 4.00 e. The summed E-state index contributed by atoms with van der Waals surface area (Å²) in [5.41, 5.74) is 23.9. The van der Waals surface area contributed by atoms with Crippen molar-refractivity contribution in [1.29, 1.82) is 0 Å². The van der Waals surface area contributed by atoms with Crippen LogP contribution < -0.4 is 5.32 Å². The van der Waals surface area contributed by atoms with Gasteiger partial charge in [-0.1, -0.05) is 254 Å². The number of hydrogen-bond donors (Lipinski definition) is 1. The molecule has 0 unspecified atom stereocenters. The summed E-state index contributed by atoms with van der Waals surface area (Å²) >= 11 is 0. The molecule has 0 saturated carbocycles. The second-order valence-corrected chi connectivity index (χ2v) is 25.9. The van der Waals surface area contributed by atoms with Crippen molar-refractivity contribution in [1.82, 2.24) is 0 Å². The monoisotopic (exact) mass is 1820 g/mol. The Kier molecular flexibility index (Phi) is 50.2. The molecule has 4 nitrogen and oxygen atoms in total. The number of nitrogens with zero attached hydrogens (tertiary/aromatic N) is 3. The zero-order chi connectivity index (χ0) is 77.0. The standard InChI is InChI=1S/C28H30N2.C28H29N2.7C7H7.2CH4.2Hf/c2*1-2-3-21-29-26-19-10-11-20-27(26)30-28-24(22-13-6-4-7-14-22)17-12-18-25(28)23-15-8-5-9-16-23;7*1-7-5-3-2-4-6-7;;;;/h4-9,12-18,20,30H,2-3,10-11,19,21H2,1H3;4-9,12-18,20H,2-3,10-11,19,21H2,1H3;7*2-6H,1H2;2*1H4;;/q;8*-1;;;;+4. The average Bonchev–Trinajstić information content (AvgIpc) is 0.797. The molecule has 0 fully saturated rings. The smallest absolute Gasteiger partial charge is 0.656 e. The van der Waals surface area contributed by atoms with Crippen molar-refractivity contribution in [3.63, 3.8) is 0 Å². The Morgan fingerprint density at radius 3 is 0.805 bits per heavy atom. The molecule has 1 N–H and O–H groups in total. The van der Waals surface area contributed by atoms with E-state index in [1.807, 2.05) is 212 Å². The molecular formula is C107H116Hf2N4-4.